The highest BCUT2D eigenvalue weighted by Gasteiger charge is 2.40. The van der Waals surface area contributed by atoms with Crippen LogP contribution in [0.15, 0.2) is 5.16 Å². The lowest BCUT2D eigenvalue weighted by molar-refractivity contribution is -0.153. The van der Waals surface area contributed by atoms with E-state index >= 15 is 0 Å². The van der Waals surface area contributed by atoms with Crippen molar-refractivity contribution < 1.29 is 19.1 Å². The van der Waals surface area contributed by atoms with E-state index in [2.05, 4.69) is 5.16 Å². The van der Waals surface area contributed by atoms with Gasteiger partial charge in [-0.1, -0.05) is 5.16 Å². The van der Waals surface area contributed by atoms with E-state index in [-0.39, 0.29) is 12.2 Å². The van der Waals surface area contributed by atoms with Crippen LogP contribution in [0.25, 0.3) is 0 Å². The fourth-order valence-corrected chi connectivity index (χ4v) is 1.58. The zero-order chi connectivity index (χ0) is 10.2. The summed E-state index contributed by atoms with van der Waals surface area (Å²) < 4.78 is 11.0. The third-order valence-electron chi connectivity index (χ3n) is 2.30. The van der Waals surface area contributed by atoms with Crippen LogP contribution >= 0.6 is 0 Å². The maximum atomic E-state index is 10.4. The van der Waals surface area contributed by atoms with E-state index in [9.17, 15) is 4.79 Å². The van der Waals surface area contributed by atoms with Crippen LogP contribution in [-0.2, 0) is 19.1 Å². The predicted molar refractivity (Wildman–Crippen MR) is 47.9 cm³/mol. The van der Waals surface area contributed by atoms with Gasteiger partial charge in [0.15, 0.2) is 18.2 Å². The molecule has 78 valence electrons. The highest BCUT2D eigenvalue weighted by molar-refractivity contribution is 6.28. The van der Waals surface area contributed by atoms with Crippen molar-refractivity contribution in [2.75, 3.05) is 6.61 Å². The summed E-state index contributed by atoms with van der Waals surface area (Å²) >= 11 is 0. The Balaban J connectivity index is 1.91. The van der Waals surface area contributed by atoms with Crippen LogP contribution in [-0.4, -0.2) is 36.6 Å². The predicted octanol–water partition coefficient (Wildman–Crippen LogP) is 0.482. The molecule has 0 aliphatic carbocycles. The Morgan fingerprint density at radius 2 is 2.29 bits per heavy atom. The SMILES string of the molecule is CC1(C)OCC(C2CC(C=O)=NO2)O1. The van der Waals surface area contributed by atoms with Gasteiger partial charge < -0.3 is 14.3 Å². The highest BCUT2D eigenvalue weighted by atomic mass is 16.8. The fourth-order valence-electron chi connectivity index (χ4n) is 1.58. The Hall–Kier alpha value is -0.940. The van der Waals surface area contributed by atoms with Gasteiger partial charge in [-0.3, -0.25) is 4.79 Å². The lowest BCUT2D eigenvalue weighted by Crippen LogP contribution is -2.31. The van der Waals surface area contributed by atoms with Crippen molar-refractivity contribution in [3.63, 3.8) is 0 Å². The van der Waals surface area contributed by atoms with Gasteiger partial charge in [-0.25, -0.2) is 0 Å². The number of oxime groups is 1. The average molecular weight is 199 g/mol. The van der Waals surface area contributed by atoms with E-state index in [1.54, 1.807) is 0 Å². The molecule has 2 aliphatic heterocycles. The van der Waals surface area contributed by atoms with Gasteiger partial charge in [0.2, 0.25) is 0 Å². The first-order chi connectivity index (χ1) is 6.61. The molecule has 5 nitrogen and oxygen atoms in total. The van der Waals surface area contributed by atoms with Gasteiger partial charge in [0.25, 0.3) is 0 Å². The van der Waals surface area contributed by atoms with E-state index in [0.29, 0.717) is 25.0 Å². The summed E-state index contributed by atoms with van der Waals surface area (Å²) in [5.41, 5.74) is 0.434. The second kappa shape index (κ2) is 3.33. The molecule has 0 saturated carbocycles. The van der Waals surface area contributed by atoms with Gasteiger partial charge in [0, 0.05) is 6.42 Å². The van der Waals surface area contributed by atoms with Crippen LogP contribution in [0.4, 0.5) is 0 Å². The second-order valence-corrected chi connectivity index (χ2v) is 3.92. The van der Waals surface area contributed by atoms with Crippen molar-refractivity contribution in [2.24, 2.45) is 5.16 Å². The first kappa shape index (κ1) is 9.61. The molecule has 0 aromatic rings. The number of hydrogen-bond donors (Lipinski definition) is 0. The Labute approximate surface area is 82.0 Å². The number of hydrogen-bond acceptors (Lipinski definition) is 5. The van der Waals surface area contributed by atoms with Gasteiger partial charge in [-0.2, -0.15) is 0 Å². The van der Waals surface area contributed by atoms with Gasteiger partial charge in [0.1, 0.15) is 11.8 Å². The Morgan fingerprint density at radius 3 is 2.79 bits per heavy atom. The molecule has 0 aromatic carbocycles. The number of aldehydes is 1. The summed E-state index contributed by atoms with van der Waals surface area (Å²) in [5.74, 6) is -0.558. The number of nitrogens with zero attached hydrogens (tertiary/aromatic N) is 1. The first-order valence-corrected chi connectivity index (χ1v) is 4.60. The molecular formula is C9H13NO4. The Kier molecular flexibility index (Phi) is 2.28. The largest absolute Gasteiger partial charge is 0.389 e. The third kappa shape index (κ3) is 1.78. The second-order valence-electron chi connectivity index (χ2n) is 3.92. The smallest absolute Gasteiger partial charge is 0.167 e. The van der Waals surface area contributed by atoms with Gasteiger partial charge >= 0.3 is 0 Å². The summed E-state index contributed by atoms with van der Waals surface area (Å²) in [4.78, 5) is 15.5. The Bertz CT molecular complexity index is 274. The highest BCUT2D eigenvalue weighted by Crippen LogP contribution is 2.28. The topological polar surface area (TPSA) is 57.1 Å². The quantitative estimate of drug-likeness (QED) is 0.607. The minimum Gasteiger partial charge on any atom is -0.389 e. The third-order valence-corrected chi connectivity index (χ3v) is 2.30. The van der Waals surface area contributed by atoms with Gasteiger partial charge in [-0.05, 0) is 13.8 Å². The summed E-state index contributed by atoms with van der Waals surface area (Å²) in [6.45, 7) is 4.19. The monoisotopic (exact) mass is 199 g/mol. The van der Waals surface area contributed by atoms with Crippen molar-refractivity contribution in [1.29, 1.82) is 0 Å². The number of carbonyl (C=O) groups is 1. The molecule has 0 N–H and O–H groups in total. The molecule has 2 rings (SSSR count). The van der Waals surface area contributed by atoms with Crippen LogP contribution in [0.1, 0.15) is 20.3 Å². The van der Waals surface area contributed by atoms with Crippen molar-refractivity contribution >= 4 is 12.0 Å². The normalized spacial score (nSPS) is 35.1. The van der Waals surface area contributed by atoms with Crippen molar-refractivity contribution in [1.82, 2.24) is 0 Å². The molecule has 2 atom stereocenters. The van der Waals surface area contributed by atoms with E-state index in [1.165, 1.54) is 0 Å². The minimum absolute atomic E-state index is 0.133. The molecule has 1 saturated heterocycles. The average Bonchev–Trinajstić information content (AvgIpc) is 2.70. The maximum absolute atomic E-state index is 10.4. The molecule has 2 unspecified atom stereocenters. The van der Waals surface area contributed by atoms with Crippen LogP contribution in [0, 0.1) is 0 Å². The van der Waals surface area contributed by atoms with Crippen molar-refractivity contribution in [3.05, 3.63) is 0 Å². The zero-order valence-corrected chi connectivity index (χ0v) is 8.23. The molecule has 2 aliphatic rings. The number of ether oxygens (including phenoxy) is 2. The summed E-state index contributed by atoms with van der Waals surface area (Å²) in [7, 11) is 0. The van der Waals surface area contributed by atoms with Crippen LogP contribution < -0.4 is 0 Å². The molecule has 0 amide bonds. The standard InChI is InChI=1S/C9H13NO4/c1-9(2)12-5-8(13-9)7-3-6(4-11)10-14-7/h4,7-8H,3,5H2,1-2H3. The first-order valence-electron chi connectivity index (χ1n) is 4.60. The minimum atomic E-state index is -0.558. The van der Waals surface area contributed by atoms with Gasteiger partial charge in [-0.15, -0.1) is 0 Å². The van der Waals surface area contributed by atoms with E-state index in [1.807, 2.05) is 13.8 Å². The molecule has 0 bridgehead atoms. The lowest BCUT2D eigenvalue weighted by Gasteiger charge is -2.19. The molecule has 2 heterocycles. The van der Waals surface area contributed by atoms with Crippen molar-refractivity contribution in [3.8, 4) is 0 Å². The van der Waals surface area contributed by atoms with E-state index in [0.717, 1.165) is 0 Å². The fraction of sp³-hybridized carbons (Fsp3) is 0.778. The Morgan fingerprint density at radius 1 is 1.50 bits per heavy atom. The molecule has 5 heteroatoms. The molecule has 0 aromatic heterocycles. The van der Waals surface area contributed by atoms with E-state index < -0.39 is 5.79 Å². The van der Waals surface area contributed by atoms with E-state index in [4.69, 9.17) is 14.3 Å². The van der Waals surface area contributed by atoms with Crippen LogP contribution in [0.2, 0.25) is 0 Å². The summed E-state index contributed by atoms with van der Waals surface area (Å²) in [5, 5.41) is 3.64. The molecule has 14 heavy (non-hydrogen) atoms. The van der Waals surface area contributed by atoms with Crippen LogP contribution in [0.5, 0.6) is 0 Å². The number of carbonyl (C=O) groups excluding carboxylic acids is 1. The maximum Gasteiger partial charge on any atom is 0.167 e. The summed E-state index contributed by atoms with van der Waals surface area (Å²) in [6, 6.07) is 0. The molecular weight excluding hydrogens is 186 g/mol. The van der Waals surface area contributed by atoms with Crippen LogP contribution in [0.3, 0.4) is 0 Å². The molecule has 1 fully saturated rings. The van der Waals surface area contributed by atoms with Crippen molar-refractivity contribution in [2.45, 2.75) is 38.3 Å². The zero-order valence-electron chi connectivity index (χ0n) is 8.23. The van der Waals surface area contributed by atoms with Gasteiger partial charge in [0.05, 0.1) is 6.61 Å². The molecule has 0 radical (unpaired) electrons. The summed E-state index contributed by atoms with van der Waals surface area (Å²) in [6.07, 6.45) is 0.900. The lowest BCUT2D eigenvalue weighted by atomic mass is 10.1. The number of rotatable bonds is 2. The molecule has 0 spiro atoms.